The number of methoxy groups -OCH3 is 1. The predicted octanol–water partition coefficient (Wildman–Crippen LogP) is 1.73. The maximum Gasteiger partial charge on any atom is 0.260 e. The van der Waals surface area contributed by atoms with Gasteiger partial charge in [-0.05, 0) is 26.2 Å². The smallest absolute Gasteiger partial charge is 0.260 e. The number of carbonyl (C=O) groups excluding carboxylic acids is 1. The molecule has 0 atom stereocenters. The van der Waals surface area contributed by atoms with Gasteiger partial charge in [-0.1, -0.05) is 12.1 Å². The fourth-order valence-corrected chi connectivity index (χ4v) is 1.86. The molecule has 20 heavy (non-hydrogen) atoms. The van der Waals surface area contributed by atoms with E-state index in [4.69, 9.17) is 4.74 Å². The highest BCUT2D eigenvalue weighted by Gasteiger charge is 2.13. The molecule has 0 unspecified atom stereocenters. The van der Waals surface area contributed by atoms with E-state index in [-0.39, 0.29) is 5.91 Å². The molecule has 0 aliphatic carbocycles. The van der Waals surface area contributed by atoms with Crippen molar-refractivity contribution in [3.8, 4) is 5.75 Å². The molecule has 6 nitrogen and oxygen atoms in total. The van der Waals surface area contributed by atoms with Crippen LogP contribution in [0.4, 0.5) is 5.82 Å². The number of aromatic amines is 1. The second-order valence-electron chi connectivity index (χ2n) is 4.67. The van der Waals surface area contributed by atoms with E-state index in [2.05, 4.69) is 15.5 Å². The summed E-state index contributed by atoms with van der Waals surface area (Å²) < 4.78 is 5.17. The zero-order valence-electron chi connectivity index (χ0n) is 11.8. The number of amides is 1. The summed E-state index contributed by atoms with van der Waals surface area (Å²) in [7, 11) is 5.47. The molecule has 0 aliphatic heterocycles. The third-order valence-electron chi connectivity index (χ3n) is 2.71. The molecular formula is C14H18N4O2. The highest BCUT2D eigenvalue weighted by Crippen LogP contribution is 2.18. The number of hydrogen-bond acceptors (Lipinski definition) is 4. The monoisotopic (exact) mass is 274 g/mol. The number of anilines is 1. The number of ether oxygens (including phenoxy) is 1. The van der Waals surface area contributed by atoms with Gasteiger partial charge in [0, 0.05) is 12.6 Å². The van der Waals surface area contributed by atoms with Crippen molar-refractivity contribution in [1.82, 2.24) is 15.1 Å². The molecule has 2 rings (SSSR count). The van der Waals surface area contributed by atoms with E-state index >= 15 is 0 Å². The summed E-state index contributed by atoms with van der Waals surface area (Å²) >= 11 is 0. The van der Waals surface area contributed by atoms with Gasteiger partial charge in [-0.3, -0.25) is 9.89 Å². The maximum absolute atomic E-state index is 12.2. The second kappa shape index (κ2) is 6.21. The maximum atomic E-state index is 12.2. The summed E-state index contributed by atoms with van der Waals surface area (Å²) in [5.74, 6) is 0.789. The Morgan fingerprint density at radius 3 is 2.85 bits per heavy atom. The van der Waals surface area contributed by atoms with Crippen LogP contribution >= 0.6 is 0 Å². The number of hydrogen-bond donors (Lipinski definition) is 2. The quantitative estimate of drug-likeness (QED) is 0.871. The number of para-hydroxylation sites is 1. The Kier molecular flexibility index (Phi) is 4.37. The molecule has 1 heterocycles. The summed E-state index contributed by atoms with van der Waals surface area (Å²) in [5, 5.41) is 9.70. The van der Waals surface area contributed by atoms with Crippen molar-refractivity contribution in [1.29, 1.82) is 0 Å². The summed E-state index contributed by atoms with van der Waals surface area (Å²) in [6.07, 6.45) is 0. The molecular weight excluding hydrogens is 256 g/mol. The van der Waals surface area contributed by atoms with Crippen LogP contribution in [0.5, 0.6) is 5.75 Å². The Morgan fingerprint density at radius 1 is 1.40 bits per heavy atom. The Bertz CT molecular complexity index is 592. The van der Waals surface area contributed by atoms with Crippen LogP contribution in [-0.2, 0) is 6.54 Å². The minimum atomic E-state index is -0.245. The van der Waals surface area contributed by atoms with Crippen LogP contribution in [0, 0.1) is 0 Å². The lowest BCUT2D eigenvalue weighted by molar-refractivity contribution is 0.102. The van der Waals surface area contributed by atoms with E-state index in [1.807, 2.05) is 31.1 Å². The Balaban J connectivity index is 2.09. The molecule has 2 N–H and O–H groups in total. The van der Waals surface area contributed by atoms with E-state index < -0.39 is 0 Å². The van der Waals surface area contributed by atoms with Gasteiger partial charge in [-0.15, -0.1) is 0 Å². The predicted molar refractivity (Wildman–Crippen MR) is 76.9 cm³/mol. The summed E-state index contributed by atoms with van der Waals surface area (Å²) in [6.45, 7) is 0.734. The van der Waals surface area contributed by atoms with Gasteiger partial charge in [0.05, 0.1) is 18.4 Å². The zero-order chi connectivity index (χ0) is 14.5. The fourth-order valence-electron chi connectivity index (χ4n) is 1.86. The zero-order valence-corrected chi connectivity index (χ0v) is 11.8. The lowest BCUT2D eigenvalue weighted by Gasteiger charge is -2.07. The molecule has 2 aromatic rings. The van der Waals surface area contributed by atoms with Crippen LogP contribution in [0.3, 0.4) is 0 Å². The average molecular weight is 274 g/mol. The number of nitrogens with one attached hydrogen (secondary N) is 2. The van der Waals surface area contributed by atoms with E-state index in [1.54, 1.807) is 18.2 Å². The first kappa shape index (κ1) is 14.1. The first-order chi connectivity index (χ1) is 9.60. The SMILES string of the molecule is COc1ccccc1C(=O)Nc1cc(CN(C)C)[nH]n1. The van der Waals surface area contributed by atoms with Gasteiger partial charge in [0.25, 0.3) is 5.91 Å². The van der Waals surface area contributed by atoms with Gasteiger partial charge in [0.15, 0.2) is 5.82 Å². The molecule has 0 bridgehead atoms. The largest absolute Gasteiger partial charge is 0.496 e. The molecule has 6 heteroatoms. The van der Waals surface area contributed by atoms with E-state index in [0.717, 1.165) is 12.2 Å². The molecule has 0 saturated heterocycles. The number of rotatable bonds is 5. The van der Waals surface area contributed by atoms with Crippen molar-refractivity contribution >= 4 is 11.7 Å². The lowest BCUT2D eigenvalue weighted by atomic mass is 10.2. The van der Waals surface area contributed by atoms with Crippen molar-refractivity contribution in [3.05, 3.63) is 41.6 Å². The van der Waals surface area contributed by atoms with Crippen LogP contribution in [-0.4, -0.2) is 42.2 Å². The van der Waals surface area contributed by atoms with Gasteiger partial charge in [-0.2, -0.15) is 5.10 Å². The average Bonchev–Trinajstić information content (AvgIpc) is 2.85. The first-order valence-corrected chi connectivity index (χ1v) is 6.23. The van der Waals surface area contributed by atoms with Crippen molar-refractivity contribution in [2.75, 3.05) is 26.5 Å². The van der Waals surface area contributed by atoms with Crippen molar-refractivity contribution in [2.24, 2.45) is 0 Å². The highest BCUT2D eigenvalue weighted by atomic mass is 16.5. The van der Waals surface area contributed by atoms with E-state index in [1.165, 1.54) is 7.11 Å². The van der Waals surface area contributed by atoms with Gasteiger partial charge in [0.2, 0.25) is 0 Å². The minimum absolute atomic E-state index is 0.245. The van der Waals surface area contributed by atoms with Crippen LogP contribution in [0.15, 0.2) is 30.3 Å². The number of H-pyrrole nitrogens is 1. The van der Waals surface area contributed by atoms with Gasteiger partial charge < -0.3 is 15.0 Å². The Labute approximate surface area is 117 Å². The number of nitrogens with zero attached hydrogens (tertiary/aromatic N) is 2. The molecule has 0 radical (unpaired) electrons. The van der Waals surface area contributed by atoms with Crippen LogP contribution in [0.2, 0.25) is 0 Å². The van der Waals surface area contributed by atoms with Crippen LogP contribution < -0.4 is 10.1 Å². The first-order valence-electron chi connectivity index (χ1n) is 6.23. The molecule has 1 aromatic carbocycles. The van der Waals surface area contributed by atoms with Crippen molar-refractivity contribution in [3.63, 3.8) is 0 Å². The Hall–Kier alpha value is -2.34. The summed E-state index contributed by atoms with van der Waals surface area (Å²) in [5.41, 5.74) is 1.41. The summed E-state index contributed by atoms with van der Waals surface area (Å²) in [6, 6.07) is 8.88. The molecule has 0 aliphatic rings. The fraction of sp³-hybridized carbons (Fsp3) is 0.286. The number of aromatic nitrogens is 2. The van der Waals surface area contributed by atoms with Gasteiger partial charge in [-0.25, -0.2) is 0 Å². The van der Waals surface area contributed by atoms with E-state index in [9.17, 15) is 4.79 Å². The van der Waals surface area contributed by atoms with Crippen LogP contribution in [0.1, 0.15) is 16.1 Å². The normalized spacial score (nSPS) is 10.6. The Morgan fingerprint density at radius 2 is 2.15 bits per heavy atom. The topological polar surface area (TPSA) is 70.2 Å². The third kappa shape index (κ3) is 3.36. The second-order valence-corrected chi connectivity index (χ2v) is 4.67. The van der Waals surface area contributed by atoms with Crippen molar-refractivity contribution < 1.29 is 9.53 Å². The molecule has 0 spiro atoms. The van der Waals surface area contributed by atoms with Crippen LogP contribution in [0.25, 0.3) is 0 Å². The van der Waals surface area contributed by atoms with Crippen molar-refractivity contribution in [2.45, 2.75) is 6.54 Å². The molecule has 106 valence electrons. The standard InChI is InChI=1S/C14H18N4O2/c1-18(2)9-10-8-13(17-16-10)15-14(19)11-6-4-5-7-12(11)20-3/h4-8H,9H2,1-3H3,(H2,15,16,17,19). The molecule has 0 fully saturated rings. The lowest BCUT2D eigenvalue weighted by Crippen LogP contribution is -2.13. The summed E-state index contributed by atoms with van der Waals surface area (Å²) in [4.78, 5) is 14.2. The molecule has 0 saturated carbocycles. The van der Waals surface area contributed by atoms with Gasteiger partial charge in [0.1, 0.15) is 5.75 Å². The minimum Gasteiger partial charge on any atom is -0.496 e. The molecule has 1 amide bonds. The number of benzene rings is 1. The van der Waals surface area contributed by atoms with Gasteiger partial charge >= 0.3 is 0 Å². The highest BCUT2D eigenvalue weighted by molar-refractivity contribution is 6.05. The molecule has 1 aromatic heterocycles. The third-order valence-corrected chi connectivity index (χ3v) is 2.71. The number of carbonyl (C=O) groups is 1. The van der Waals surface area contributed by atoms with E-state index in [0.29, 0.717) is 17.1 Å².